The molecule has 1 aliphatic rings. The molecule has 1 saturated heterocycles. The van der Waals surface area contributed by atoms with Crippen molar-refractivity contribution in [3.63, 3.8) is 0 Å². The van der Waals surface area contributed by atoms with Gasteiger partial charge in [-0.1, -0.05) is 32.9 Å². The van der Waals surface area contributed by atoms with Gasteiger partial charge in [-0.05, 0) is 35.2 Å². The largest absolute Gasteiger partial charge is 0.497 e. The number of hydrogen-bond acceptors (Lipinski definition) is 4. The third-order valence-corrected chi connectivity index (χ3v) is 5.09. The van der Waals surface area contributed by atoms with Crippen molar-refractivity contribution in [3.8, 4) is 5.75 Å². The summed E-state index contributed by atoms with van der Waals surface area (Å²) in [5.74, 6) is 0.987. The lowest BCUT2D eigenvalue weighted by atomic mass is 9.82. The highest BCUT2D eigenvalue weighted by Crippen LogP contribution is 2.35. The number of rotatable bonds is 6. The molecule has 1 aliphatic heterocycles. The average molecular weight is 384 g/mol. The Morgan fingerprint density at radius 3 is 2.75 bits per heavy atom. The monoisotopic (exact) mass is 384 g/mol. The molecule has 1 fully saturated rings. The number of furan rings is 1. The van der Waals surface area contributed by atoms with Crippen LogP contribution in [0.25, 0.3) is 0 Å². The second-order valence-corrected chi connectivity index (χ2v) is 8.34. The van der Waals surface area contributed by atoms with Crippen molar-refractivity contribution in [2.75, 3.05) is 13.7 Å². The van der Waals surface area contributed by atoms with Crippen LogP contribution in [0.3, 0.4) is 0 Å². The number of amides is 2. The Labute approximate surface area is 165 Å². The van der Waals surface area contributed by atoms with Crippen LogP contribution in [0.15, 0.2) is 47.1 Å². The summed E-state index contributed by atoms with van der Waals surface area (Å²) >= 11 is 0. The molecule has 2 amide bonds. The van der Waals surface area contributed by atoms with Gasteiger partial charge in [0.2, 0.25) is 11.8 Å². The Balaban J connectivity index is 1.71. The van der Waals surface area contributed by atoms with E-state index in [-0.39, 0.29) is 35.6 Å². The molecule has 6 nitrogen and oxygen atoms in total. The van der Waals surface area contributed by atoms with Crippen LogP contribution < -0.4 is 10.1 Å². The van der Waals surface area contributed by atoms with Gasteiger partial charge in [-0.2, -0.15) is 0 Å². The van der Waals surface area contributed by atoms with Gasteiger partial charge in [0.25, 0.3) is 0 Å². The molecule has 1 aromatic heterocycles. The molecule has 28 heavy (non-hydrogen) atoms. The average Bonchev–Trinajstić information content (AvgIpc) is 3.29. The van der Waals surface area contributed by atoms with Crippen LogP contribution in [0, 0.1) is 11.3 Å². The van der Waals surface area contributed by atoms with Crippen molar-refractivity contribution in [1.29, 1.82) is 0 Å². The molecular formula is C22H28N2O4. The summed E-state index contributed by atoms with van der Waals surface area (Å²) in [5, 5.41) is 3.17. The maximum atomic E-state index is 13.0. The molecule has 150 valence electrons. The summed E-state index contributed by atoms with van der Waals surface area (Å²) < 4.78 is 10.6. The SMILES string of the molecule is COc1cccc(C(NC(=O)C2CC(=O)N(Cc3ccco3)C2)C(C)(C)C)c1. The zero-order chi connectivity index (χ0) is 20.3. The molecule has 0 radical (unpaired) electrons. The lowest BCUT2D eigenvalue weighted by Crippen LogP contribution is -2.40. The number of carbonyl (C=O) groups is 2. The Kier molecular flexibility index (Phi) is 5.77. The van der Waals surface area contributed by atoms with Gasteiger partial charge in [-0.3, -0.25) is 9.59 Å². The van der Waals surface area contributed by atoms with E-state index in [0.29, 0.717) is 13.1 Å². The fraction of sp³-hybridized carbons (Fsp3) is 0.455. The highest BCUT2D eigenvalue weighted by molar-refractivity contribution is 5.89. The van der Waals surface area contributed by atoms with E-state index in [1.807, 2.05) is 30.3 Å². The van der Waals surface area contributed by atoms with Crippen LogP contribution in [0.4, 0.5) is 0 Å². The van der Waals surface area contributed by atoms with E-state index in [0.717, 1.165) is 17.1 Å². The first-order chi connectivity index (χ1) is 13.3. The lowest BCUT2D eigenvalue weighted by Gasteiger charge is -2.33. The fourth-order valence-electron chi connectivity index (χ4n) is 3.57. The highest BCUT2D eigenvalue weighted by Gasteiger charge is 2.37. The number of nitrogens with one attached hydrogen (secondary N) is 1. The minimum Gasteiger partial charge on any atom is -0.497 e. The van der Waals surface area contributed by atoms with Gasteiger partial charge in [0, 0.05) is 13.0 Å². The number of benzene rings is 1. The second kappa shape index (κ2) is 8.09. The van der Waals surface area contributed by atoms with Gasteiger partial charge in [-0.25, -0.2) is 0 Å². The molecule has 2 heterocycles. The first-order valence-corrected chi connectivity index (χ1v) is 9.52. The molecule has 0 spiro atoms. The van der Waals surface area contributed by atoms with Crippen molar-refractivity contribution < 1.29 is 18.7 Å². The van der Waals surface area contributed by atoms with Gasteiger partial charge in [-0.15, -0.1) is 0 Å². The molecule has 0 saturated carbocycles. The summed E-state index contributed by atoms with van der Waals surface area (Å²) in [4.78, 5) is 27.0. The Morgan fingerprint density at radius 1 is 1.32 bits per heavy atom. The van der Waals surface area contributed by atoms with Crippen LogP contribution >= 0.6 is 0 Å². The quantitative estimate of drug-likeness (QED) is 0.827. The number of likely N-dealkylation sites (tertiary alicyclic amines) is 1. The van der Waals surface area contributed by atoms with Crippen molar-refractivity contribution in [2.45, 2.75) is 39.8 Å². The van der Waals surface area contributed by atoms with Crippen molar-refractivity contribution >= 4 is 11.8 Å². The zero-order valence-corrected chi connectivity index (χ0v) is 16.9. The fourth-order valence-corrected chi connectivity index (χ4v) is 3.57. The van der Waals surface area contributed by atoms with Gasteiger partial charge in [0.15, 0.2) is 0 Å². The molecule has 1 aromatic carbocycles. The standard InChI is InChI=1S/C22H28N2O4/c1-22(2,3)20(15-7-5-8-17(11-15)27-4)23-21(26)16-12-19(25)24(13-16)14-18-9-6-10-28-18/h5-11,16,20H,12-14H2,1-4H3,(H,23,26). The first kappa shape index (κ1) is 20.0. The predicted octanol–water partition coefficient (Wildman–Crippen LogP) is 3.54. The normalized spacial score (nSPS) is 18.2. The van der Waals surface area contributed by atoms with Crippen LogP contribution in [0.5, 0.6) is 5.75 Å². The van der Waals surface area contributed by atoms with E-state index >= 15 is 0 Å². The minimum absolute atomic E-state index is 0.0229. The molecule has 6 heteroatoms. The lowest BCUT2D eigenvalue weighted by molar-refractivity contribution is -0.129. The minimum atomic E-state index is -0.363. The summed E-state index contributed by atoms with van der Waals surface area (Å²) in [6.45, 7) is 7.05. The van der Waals surface area contributed by atoms with E-state index in [4.69, 9.17) is 9.15 Å². The maximum Gasteiger partial charge on any atom is 0.225 e. The molecule has 2 aromatic rings. The Bertz CT molecular complexity index is 823. The van der Waals surface area contributed by atoms with E-state index in [1.165, 1.54) is 0 Å². The maximum absolute atomic E-state index is 13.0. The van der Waals surface area contributed by atoms with Crippen molar-refractivity contribution in [3.05, 3.63) is 54.0 Å². The molecule has 1 N–H and O–H groups in total. The van der Waals surface area contributed by atoms with Crippen LogP contribution in [-0.2, 0) is 16.1 Å². The molecule has 0 bridgehead atoms. The first-order valence-electron chi connectivity index (χ1n) is 9.52. The Hall–Kier alpha value is -2.76. The summed E-state index contributed by atoms with van der Waals surface area (Å²) in [6, 6.07) is 11.2. The topological polar surface area (TPSA) is 71.8 Å². The highest BCUT2D eigenvalue weighted by atomic mass is 16.5. The summed E-state index contributed by atoms with van der Waals surface area (Å²) in [5.41, 5.74) is 0.787. The molecular weight excluding hydrogens is 356 g/mol. The van der Waals surface area contributed by atoms with Crippen LogP contribution in [0.2, 0.25) is 0 Å². The third-order valence-electron chi connectivity index (χ3n) is 5.09. The number of methoxy groups -OCH3 is 1. The second-order valence-electron chi connectivity index (χ2n) is 8.34. The van der Waals surface area contributed by atoms with E-state index in [9.17, 15) is 9.59 Å². The zero-order valence-electron chi connectivity index (χ0n) is 16.9. The predicted molar refractivity (Wildman–Crippen MR) is 106 cm³/mol. The van der Waals surface area contributed by atoms with Gasteiger partial charge in [0.05, 0.1) is 31.9 Å². The smallest absolute Gasteiger partial charge is 0.225 e. The number of carbonyl (C=O) groups excluding carboxylic acids is 2. The van der Waals surface area contributed by atoms with Gasteiger partial charge >= 0.3 is 0 Å². The van der Waals surface area contributed by atoms with Crippen molar-refractivity contribution in [2.24, 2.45) is 11.3 Å². The molecule has 2 unspecified atom stereocenters. The number of hydrogen-bond donors (Lipinski definition) is 1. The third kappa shape index (κ3) is 4.55. The molecule has 2 atom stereocenters. The molecule has 3 rings (SSSR count). The summed E-state index contributed by atoms with van der Waals surface area (Å²) in [7, 11) is 1.63. The van der Waals surface area contributed by atoms with Gasteiger partial charge < -0.3 is 19.4 Å². The van der Waals surface area contributed by atoms with Gasteiger partial charge in [0.1, 0.15) is 11.5 Å². The number of nitrogens with zero attached hydrogens (tertiary/aromatic N) is 1. The van der Waals surface area contributed by atoms with Crippen molar-refractivity contribution in [1.82, 2.24) is 10.2 Å². The summed E-state index contributed by atoms with van der Waals surface area (Å²) in [6.07, 6.45) is 1.81. The van der Waals surface area contributed by atoms with Crippen LogP contribution in [0.1, 0.15) is 44.6 Å². The Morgan fingerprint density at radius 2 is 2.11 bits per heavy atom. The number of ether oxygens (including phenoxy) is 1. The van der Waals surface area contributed by atoms with E-state index in [1.54, 1.807) is 24.3 Å². The van der Waals surface area contributed by atoms with Crippen LogP contribution in [-0.4, -0.2) is 30.4 Å². The van der Waals surface area contributed by atoms with E-state index < -0.39 is 0 Å². The van der Waals surface area contributed by atoms with E-state index in [2.05, 4.69) is 26.1 Å². The molecule has 0 aliphatic carbocycles.